The third kappa shape index (κ3) is 1.41. The molecule has 17 heavy (non-hydrogen) atoms. The lowest BCUT2D eigenvalue weighted by Crippen LogP contribution is -2.26. The van der Waals surface area contributed by atoms with E-state index in [0.717, 1.165) is 17.4 Å². The largest absolute Gasteiger partial charge is 0.586 e. The Morgan fingerprint density at radius 1 is 1.29 bits per heavy atom. The number of alkyl halides is 2. The highest BCUT2D eigenvalue weighted by Gasteiger charge is 2.45. The normalized spacial score (nSPS) is 27.9. The maximum Gasteiger partial charge on any atom is 0.586 e. The molecule has 0 radical (unpaired) electrons. The number of hydrogen-bond donors (Lipinski definition) is 0. The molecule has 3 rings (SSSR count). The van der Waals surface area contributed by atoms with Gasteiger partial charge in [0.2, 0.25) is 0 Å². The van der Waals surface area contributed by atoms with E-state index in [9.17, 15) is 13.6 Å². The fraction of sp³-hybridized carbons (Fsp3) is 0.417. The van der Waals surface area contributed by atoms with Crippen molar-refractivity contribution in [3.05, 3.63) is 23.3 Å². The lowest BCUT2D eigenvalue weighted by molar-refractivity contribution is -0.286. The van der Waals surface area contributed by atoms with Gasteiger partial charge >= 0.3 is 6.29 Å². The third-order valence-electron chi connectivity index (χ3n) is 3.42. The second-order valence-electron chi connectivity index (χ2n) is 4.66. The van der Waals surface area contributed by atoms with Crippen molar-refractivity contribution >= 4 is 6.29 Å². The number of aryl methyl sites for hydroxylation is 1. The topological polar surface area (TPSA) is 35.5 Å². The van der Waals surface area contributed by atoms with E-state index in [2.05, 4.69) is 9.47 Å². The molecule has 0 amide bonds. The van der Waals surface area contributed by atoms with E-state index in [4.69, 9.17) is 0 Å². The van der Waals surface area contributed by atoms with Crippen molar-refractivity contribution < 1.29 is 23.0 Å². The smallest absolute Gasteiger partial charge is 0.395 e. The molecule has 1 aromatic rings. The first-order valence-corrected chi connectivity index (χ1v) is 5.33. The van der Waals surface area contributed by atoms with E-state index in [1.54, 1.807) is 13.0 Å². The molecular weight excluding hydrogens is 230 g/mol. The predicted octanol–water partition coefficient (Wildman–Crippen LogP) is 2.41. The quantitative estimate of drug-likeness (QED) is 0.707. The van der Waals surface area contributed by atoms with Gasteiger partial charge in [-0.05, 0) is 43.0 Å². The van der Waals surface area contributed by atoms with Crippen molar-refractivity contribution in [2.45, 2.75) is 31.5 Å². The summed E-state index contributed by atoms with van der Waals surface area (Å²) in [5, 5.41) is 0. The van der Waals surface area contributed by atoms with E-state index >= 15 is 0 Å². The number of carbonyl (C=O) groups excluding carboxylic acids is 1. The van der Waals surface area contributed by atoms with Gasteiger partial charge in [0.25, 0.3) is 0 Å². The van der Waals surface area contributed by atoms with Crippen LogP contribution >= 0.6 is 0 Å². The molecule has 5 heteroatoms. The summed E-state index contributed by atoms with van der Waals surface area (Å²) in [6, 6.07) is 3.04. The number of hydrogen-bond acceptors (Lipinski definition) is 3. The number of ether oxygens (including phenoxy) is 2. The molecule has 1 aromatic carbocycles. The molecule has 1 unspecified atom stereocenters. The zero-order valence-corrected chi connectivity index (χ0v) is 9.13. The fourth-order valence-electron chi connectivity index (χ4n) is 2.43. The predicted molar refractivity (Wildman–Crippen MR) is 54.4 cm³/mol. The first kappa shape index (κ1) is 10.5. The van der Waals surface area contributed by atoms with Crippen molar-refractivity contribution in [1.82, 2.24) is 0 Å². The Kier molecular flexibility index (Phi) is 1.83. The van der Waals surface area contributed by atoms with Crippen LogP contribution in [0.15, 0.2) is 12.1 Å². The van der Waals surface area contributed by atoms with Gasteiger partial charge in [0.1, 0.15) is 6.29 Å². The summed E-state index contributed by atoms with van der Waals surface area (Å²) in [7, 11) is 0. The van der Waals surface area contributed by atoms with Crippen LogP contribution in [0.1, 0.15) is 24.5 Å². The van der Waals surface area contributed by atoms with Crippen LogP contribution < -0.4 is 9.47 Å². The van der Waals surface area contributed by atoms with E-state index in [0.29, 0.717) is 12.8 Å². The zero-order chi connectivity index (χ0) is 12.3. The van der Waals surface area contributed by atoms with Crippen LogP contribution in [0.2, 0.25) is 0 Å². The van der Waals surface area contributed by atoms with Crippen molar-refractivity contribution in [3.63, 3.8) is 0 Å². The Morgan fingerprint density at radius 2 is 1.94 bits per heavy atom. The van der Waals surface area contributed by atoms with Gasteiger partial charge in [-0.2, -0.15) is 0 Å². The number of fused-ring (bicyclic) bond motifs is 2. The lowest BCUT2D eigenvalue weighted by atomic mass is 9.86. The average molecular weight is 240 g/mol. The monoisotopic (exact) mass is 240 g/mol. The average Bonchev–Trinajstić information content (AvgIpc) is 2.73. The second kappa shape index (κ2) is 2.97. The molecule has 1 atom stereocenters. The molecule has 0 N–H and O–H groups in total. The van der Waals surface area contributed by atoms with E-state index in [1.807, 2.05) is 0 Å². The Balaban J connectivity index is 2.11. The minimum atomic E-state index is -3.60. The molecule has 1 aliphatic heterocycles. The highest BCUT2D eigenvalue weighted by Crippen LogP contribution is 2.47. The van der Waals surface area contributed by atoms with Crippen molar-refractivity contribution in [2.75, 3.05) is 0 Å². The molecule has 0 saturated carbocycles. The molecule has 0 fully saturated rings. The highest BCUT2D eigenvalue weighted by atomic mass is 19.3. The Hall–Kier alpha value is -1.65. The summed E-state index contributed by atoms with van der Waals surface area (Å²) in [5.74, 6) is 0.0487. The van der Waals surface area contributed by atoms with Gasteiger partial charge in [-0.1, -0.05) is 0 Å². The van der Waals surface area contributed by atoms with Gasteiger partial charge in [-0.25, -0.2) is 0 Å². The van der Waals surface area contributed by atoms with Crippen molar-refractivity contribution in [2.24, 2.45) is 0 Å². The Labute approximate surface area is 96.3 Å². The number of aldehydes is 1. The molecule has 0 saturated heterocycles. The SMILES string of the molecule is CC1(C=O)CCc2cc3c(cc21)OC(F)(F)O3. The van der Waals surface area contributed by atoms with Crippen LogP contribution in [-0.2, 0) is 16.6 Å². The minimum Gasteiger partial charge on any atom is -0.395 e. The summed E-state index contributed by atoms with van der Waals surface area (Å²) >= 11 is 0. The van der Waals surface area contributed by atoms with E-state index < -0.39 is 11.7 Å². The Bertz CT molecular complexity index is 513. The van der Waals surface area contributed by atoms with Crippen molar-refractivity contribution in [1.29, 1.82) is 0 Å². The summed E-state index contributed by atoms with van der Waals surface area (Å²) in [6.07, 6.45) is -1.37. The summed E-state index contributed by atoms with van der Waals surface area (Å²) in [4.78, 5) is 11.1. The van der Waals surface area contributed by atoms with Crippen LogP contribution in [0.4, 0.5) is 8.78 Å². The maximum absolute atomic E-state index is 12.9. The molecule has 2 aliphatic rings. The van der Waals surface area contributed by atoms with Crippen LogP contribution in [0.5, 0.6) is 11.5 Å². The minimum absolute atomic E-state index is 0.00345. The first-order valence-electron chi connectivity index (χ1n) is 5.33. The van der Waals surface area contributed by atoms with Gasteiger partial charge in [0.05, 0.1) is 0 Å². The standard InChI is InChI=1S/C12H10F2O3/c1-11(6-15)3-2-7-4-9-10(5-8(7)11)17-12(13,14)16-9/h4-6H,2-3H2,1H3. The molecule has 1 aliphatic carbocycles. The zero-order valence-electron chi connectivity index (χ0n) is 9.13. The summed E-state index contributed by atoms with van der Waals surface area (Å²) in [6.45, 7) is 1.80. The second-order valence-corrected chi connectivity index (χ2v) is 4.66. The van der Waals surface area contributed by atoms with Crippen LogP contribution in [-0.4, -0.2) is 12.6 Å². The van der Waals surface area contributed by atoms with Gasteiger partial charge in [-0.3, -0.25) is 0 Å². The number of benzene rings is 1. The molecule has 0 aromatic heterocycles. The number of carbonyl (C=O) groups is 1. The first-order chi connectivity index (χ1) is 7.93. The van der Waals surface area contributed by atoms with Crippen LogP contribution in [0.25, 0.3) is 0 Å². The summed E-state index contributed by atoms with van der Waals surface area (Å²) < 4.78 is 34.5. The molecule has 3 nitrogen and oxygen atoms in total. The van der Waals surface area contributed by atoms with Crippen molar-refractivity contribution in [3.8, 4) is 11.5 Å². The maximum atomic E-state index is 12.9. The molecule has 0 spiro atoms. The molecule has 1 heterocycles. The molecule has 90 valence electrons. The van der Waals surface area contributed by atoms with Gasteiger partial charge in [0, 0.05) is 5.41 Å². The van der Waals surface area contributed by atoms with Crippen LogP contribution in [0.3, 0.4) is 0 Å². The molecule has 0 bridgehead atoms. The number of halogens is 2. The van der Waals surface area contributed by atoms with Gasteiger partial charge in [-0.15, -0.1) is 8.78 Å². The summed E-state index contributed by atoms with van der Waals surface area (Å²) in [5.41, 5.74) is 1.03. The van der Waals surface area contributed by atoms with Gasteiger partial charge in [0.15, 0.2) is 11.5 Å². The fourth-order valence-corrected chi connectivity index (χ4v) is 2.43. The molecular formula is C12H10F2O3. The van der Waals surface area contributed by atoms with Crippen LogP contribution in [0, 0.1) is 0 Å². The Morgan fingerprint density at radius 3 is 2.59 bits per heavy atom. The van der Waals surface area contributed by atoms with E-state index in [1.165, 1.54) is 6.07 Å². The third-order valence-corrected chi connectivity index (χ3v) is 3.42. The van der Waals surface area contributed by atoms with Gasteiger partial charge < -0.3 is 14.3 Å². The van der Waals surface area contributed by atoms with E-state index in [-0.39, 0.29) is 11.5 Å². The lowest BCUT2D eigenvalue weighted by Gasteiger charge is -2.17. The highest BCUT2D eigenvalue weighted by molar-refractivity contribution is 5.72. The number of rotatable bonds is 1.